The number of piperidine rings is 1. The van der Waals surface area contributed by atoms with Gasteiger partial charge in [0.15, 0.2) is 0 Å². The topological polar surface area (TPSA) is 105 Å². The maximum Gasteiger partial charge on any atom is 0.242 e. The Morgan fingerprint density at radius 3 is 2.64 bits per heavy atom. The predicted octanol–water partition coefficient (Wildman–Crippen LogP) is 2.00. The van der Waals surface area contributed by atoms with Gasteiger partial charge in [0, 0.05) is 58.5 Å². The maximum atomic E-state index is 12.9. The lowest BCUT2D eigenvalue weighted by Crippen LogP contribution is -2.50. The first-order valence-corrected chi connectivity index (χ1v) is 13.0. The van der Waals surface area contributed by atoms with Gasteiger partial charge in [-0.05, 0) is 38.0 Å². The molecule has 0 unspecified atom stereocenters. The van der Waals surface area contributed by atoms with Gasteiger partial charge in [0.1, 0.15) is 5.82 Å². The monoisotopic (exact) mass is 477 g/mol. The Kier molecular flexibility index (Phi) is 7.79. The molecule has 9 nitrogen and oxygen atoms in total. The molecule has 10 heteroatoms. The van der Waals surface area contributed by atoms with Gasteiger partial charge in [-0.25, -0.2) is 17.7 Å². The van der Waals surface area contributed by atoms with Crippen molar-refractivity contribution in [3.63, 3.8) is 0 Å². The van der Waals surface area contributed by atoms with Crippen LogP contribution in [-0.2, 0) is 32.6 Å². The number of rotatable bonds is 8. The summed E-state index contributed by atoms with van der Waals surface area (Å²) in [6, 6.07) is 4.96. The Morgan fingerprint density at radius 1 is 1.27 bits per heavy atom. The SMILES string of the molecule is CCn1c(CCC(=O)N2CCC[C@H](NC(=O)C(C)C)C2)nc2cc(S(=O)(=O)N(C)C)ccc21. The lowest BCUT2D eigenvalue weighted by atomic mass is 10.0. The largest absolute Gasteiger partial charge is 0.351 e. The van der Waals surface area contributed by atoms with Crippen LogP contribution in [0.15, 0.2) is 23.1 Å². The zero-order chi connectivity index (χ0) is 24.3. The first-order valence-electron chi connectivity index (χ1n) is 11.5. The molecule has 2 amide bonds. The second kappa shape index (κ2) is 10.2. The van der Waals surface area contributed by atoms with Gasteiger partial charge in [0.05, 0.1) is 15.9 Å². The number of aromatic nitrogens is 2. The molecule has 0 saturated carbocycles. The highest BCUT2D eigenvalue weighted by molar-refractivity contribution is 7.89. The van der Waals surface area contributed by atoms with Gasteiger partial charge in [-0.2, -0.15) is 0 Å². The van der Waals surface area contributed by atoms with Crippen LogP contribution in [0.25, 0.3) is 11.0 Å². The summed E-state index contributed by atoms with van der Waals surface area (Å²) >= 11 is 0. The zero-order valence-corrected chi connectivity index (χ0v) is 21.0. The molecular formula is C23H35N5O4S. The highest BCUT2D eigenvalue weighted by atomic mass is 32.2. The summed E-state index contributed by atoms with van der Waals surface area (Å²) in [6.07, 6.45) is 2.53. The summed E-state index contributed by atoms with van der Waals surface area (Å²) in [5.41, 5.74) is 1.46. The van der Waals surface area contributed by atoms with Gasteiger partial charge in [-0.15, -0.1) is 0 Å². The van der Waals surface area contributed by atoms with E-state index in [1.54, 1.807) is 18.2 Å². The number of carbonyl (C=O) groups is 2. The molecule has 0 bridgehead atoms. The summed E-state index contributed by atoms with van der Waals surface area (Å²) < 4.78 is 28.2. The van der Waals surface area contributed by atoms with Crippen LogP contribution >= 0.6 is 0 Å². The van der Waals surface area contributed by atoms with Crippen molar-refractivity contribution in [1.29, 1.82) is 0 Å². The summed E-state index contributed by atoms with van der Waals surface area (Å²) in [4.78, 5) is 31.6. The Hall–Kier alpha value is -2.46. The number of hydrogen-bond acceptors (Lipinski definition) is 5. The van der Waals surface area contributed by atoms with Gasteiger partial charge in [-0.1, -0.05) is 13.8 Å². The zero-order valence-electron chi connectivity index (χ0n) is 20.2. The van der Waals surface area contributed by atoms with Crippen molar-refractivity contribution in [2.24, 2.45) is 5.92 Å². The van der Waals surface area contributed by atoms with E-state index in [1.165, 1.54) is 18.4 Å². The normalized spacial score (nSPS) is 17.2. The maximum absolute atomic E-state index is 12.9. The van der Waals surface area contributed by atoms with Gasteiger partial charge in [0.25, 0.3) is 0 Å². The Labute approximate surface area is 196 Å². The van der Waals surface area contributed by atoms with Crippen LogP contribution in [-0.4, -0.2) is 72.2 Å². The molecule has 2 aromatic rings. The molecule has 0 aliphatic carbocycles. The van der Waals surface area contributed by atoms with Gasteiger partial charge >= 0.3 is 0 Å². The number of aryl methyl sites for hydroxylation is 2. The van der Waals surface area contributed by atoms with Crippen molar-refractivity contribution in [1.82, 2.24) is 24.1 Å². The van der Waals surface area contributed by atoms with Crippen molar-refractivity contribution in [2.45, 2.75) is 63.9 Å². The predicted molar refractivity (Wildman–Crippen MR) is 127 cm³/mol. The molecule has 1 aromatic carbocycles. The van der Waals surface area contributed by atoms with E-state index in [9.17, 15) is 18.0 Å². The fourth-order valence-corrected chi connectivity index (χ4v) is 5.06. The third-order valence-electron chi connectivity index (χ3n) is 6.10. The minimum Gasteiger partial charge on any atom is -0.351 e. The molecule has 3 rings (SSSR count). The van der Waals surface area contributed by atoms with Crippen LogP contribution in [0.4, 0.5) is 0 Å². The molecule has 1 aromatic heterocycles. The van der Waals surface area contributed by atoms with Gasteiger partial charge in [-0.3, -0.25) is 9.59 Å². The smallest absolute Gasteiger partial charge is 0.242 e. The fraction of sp³-hybridized carbons (Fsp3) is 0.609. The van der Waals surface area contributed by atoms with Crippen LogP contribution in [0.5, 0.6) is 0 Å². The van der Waals surface area contributed by atoms with E-state index in [0.717, 1.165) is 24.2 Å². The molecule has 1 aliphatic heterocycles. The number of nitrogens with one attached hydrogen (secondary N) is 1. The third-order valence-corrected chi connectivity index (χ3v) is 7.91. The highest BCUT2D eigenvalue weighted by Gasteiger charge is 2.26. The van der Waals surface area contributed by atoms with Crippen LogP contribution in [0.2, 0.25) is 0 Å². The van der Waals surface area contributed by atoms with E-state index in [-0.39, 0.29) is 28.7 Å². The number of sulfonamides is 1. The van der Waals surface area contributed by atoms with Crippen LogP contribution in [0.1, 0.15) is 45.9 Å². The molecule has 1 aliphatic rings. The second-order valence-electron chi connectivity index (χ2n) is 9.05. The number of benzene rings is 1. The standard InChI is InChI=1S/C23H35N5O4S/c1-6-28-20-10-9-18(33(31,32)26(4)5)14-19(20)25-21(28)11-12-22(29)27-13-7-8-17(15-27)24-23(30)16(2)3/h9-10,14,16-17H,6-8,11-13,15H2,1-5H3,(H,24,30)/t17-/m0/s1. The van der Waals surface area contributed by atoms with Crippen molar-refractivity contribution in [2.75, 3.05) is 27.2 Å². The quantitative estimate of drug-likeness (QED) is 0.626. The summed E-state index contributed by atoms with van der Waals surface area (Å²) in [7, 11) is -0.544. The average Bonchev–Trinajstić information content (AvgIpc) is 3.14. The molecule has 1 saturated heterocycles. The van der Waals surface area contributed by atoms with Crippen molar-refractivity contribution in [3.05, 3.63) is 24.0 Å². The molecule has 182 valence electrons. The minimum atomic E-state index is -3.55. The molecule has 1 fully saturated rings. The summed E-state index contributed by atoms with van der Waals surface area (Å²) in [5.74, 6) is 0.749. The highest BCUT2D eigenvalue weighted by Crippen LogP contribution is 2.23. The van der Waals surface area contributed by atoms with Crippen LogP contribution in [0.3, 0.4) is 0 Å². The van der Waals surface area contributed by atoms with E-state index >= 15 is 0 Å². The Bertz CT molecular complexity index is 1120. The Morgan fingerprint density at radius 2 is 2.00 bits per heavy atom. The number of imidazole rings is 1. The molecule has 0 spiro atoms. The van der Waals surface area contributed by atoms with E-state index < -0.39 is 10.0 Å². The van der Waals surface area contributed by atoms with E-state index in [4.69, 9.17) is 0 Å². The molecule has 0 radical (unpaired) electrons. The number of amides is 2. The molecule has 2 heterocycles. The number of carbonyl (C=O) groups excluding carboxylic acids is 2. The van der Waals surface area contributed by atoms with E-state index in [1.807, 2.05) is 30.2 Å². The van der Waals surface area contributed by atoms with Crippen molar-refractivity contribution in [3.8, 4) is 0 Å². The van der Waals surface area contributed by atoms with Gasteiger partial charge < -0.3 is 14.8 Å². The van der Waals surface area contributed by atoms with E-state index in [0.29, 0.717) is 38.0 Å². The lowest BCUT2D eigenvalue weighted by molar-refractivity contribution is -0.134. The van der Waals surface area contributed by atoms with Crippen LogP contribution < -0.4 is 5.32 Å². The number of hydrogen-bond donors (Lipinski definition) is 1. The van der Waals surface area contributed by atoms with E-state index in [2.05, 4.69) is 10.3 Å². The Balaban J connectivity index is 1.71. The summed E-state index contributed by atoms with van der Waals surface area (Å²) in [5, 5.41) is 3.04. The number of likely N-dealkylation sites (tertiary alicyclic amines) is 1. The first kappa shape index (κ1) is 25.2. The van der Waals surface area contributed by atoms with Crippen molar-refractivity contribution >= 4 is 32.9 Å². The third kappa shape index (κ3) is 5.55. The minimum absolute atomic E-state index is 0.00474. The van der Waals surface area contributed by atoms with Crippen LogP contribution in [0, 0.1) is 5.92 Å². The summed E-state index contributed by atoms with van der Waals surface area (Å²) in [6.45, 7) is 7.63. The first-order chi connectivity index (χ1) is 15.5. The molecule has 1 N–H and O–H groups in total. The molecule has 1 atom stereocenters. The number of fused-ring (bicyclic) bond motifs is 1. The average molecular weight is 478 g/mol. The molecular weight excluding hydrogens is 442 g/mol. The number of nitrogens with zero attached hydrogens (tertiary/aromatic N) is 4. The van der Waals surface area contributed by atoms with Gasteiger partial charge in [0.2, 0.25) is 21.8 Å². The lowest BCUT2D eigenvalue weighted by Gasteiger charge is -2.33. The second-order valence-corrected chi connectivity index (χ2v) is 11.2. The van der Waals surface area contributed by atoms with Crippen molar-refractivity contribution < 1.29 is 18.0 Å². The fourth-order valence-electron chi connectivity index (χ4n) is 4.14. The molecule has 33 heavy (non-hydrogen) atoms.